The maximum absolute atomic E-state index is 12.3. The molecule has 1 aliphatic heterocycles. The highest BCUT2D eigenvalue weighted by Crippen LogP contribution is 2.27. The van der Waals surface area contributed by atoms with Crippen LogP contribution in [0.4, 0.5) is 0 Å². The van der Waals surface area contributed by atoms with Crippen molar-refractivity contribution in [2.24, 2.45) is 5.92 Å². The Labute approximate surface area is 109 Å². The number of aliphatic carboxylic acids is 1. The van der Waals surface area contributed by atoms with Gasteiger partial charge in [0.05, 0.1) is 11.8 Å². The fourth-order valence-corrected chi connectivity index (χ4v) is 2.59. The van der Waals surface area contributed by atoms with E-state index >= 15 is 0 Å². The van der Waals surface area contributed by atoms with E-state index in [1.165, 1.54) is 17.2 Å². The van der Waals surface area contributed by atoms with Crippen molar-refractivity contribution in [3.8, 4) is 0 Å². The number of furan rings is 1. The van der Waals surface area contributed by atoms with Crippen LogP contribution in [0.3, 0.4) is 0 Å². The van der Waals surface area contributed by atoms with Gasteiger partial charge < -0.3 is 14.4 Å². The minimum Gasteiger partial charge on any atom is -0.480 e. The third kappa shape index (κ3) is 2.22. The lowest BCUT2D eigenvalue weighted by Crippen LogP contribution is -2.51. The summed E-state index contributed by atoms with van der Waals surface area (Å²) in [6, 6.07) is 0.667. The van der Waals surface area contributed by atoms with E-state index in [1.807, 2.05) is 6.92 Å². The number of rotatable bonds is 2. The molecule has 2 unspecified atom stereocenters. The van der Waals surface area contributed by atoms with Gasteiger partial charge in [0.2, 0.25) is 5.22 Å². The van der Waals surface area contributed by atoms with Crippen molar-refractivity contribution in [3.05, 3.63) is 23.1 Å². The predicted molar refractivity (Wildman–Crippen MR) is 64.6 cm³/mol. The molecule has 6 heteroatoms. The lowest BCUT2D eigenvalue weighted by Gasteiger charge is -2.37. The molecular weight excluding hydrogens is 258 g/mol. The Kier molecular flexibility index (Phi) is 3.61. The van der Waals surface area contributed by atoms with E-state index in [0.717, 1.165) is 12.8 Å². The highest BCUT2D eigenvalue weighted by molar-refractivity contribution is 6.32. The number of amides is 1. The van der Waals surface area contributed by atoms with Crippen LogP contribution >= 0.6 is 11.6 Å². The summed E-state index contributed by atoms with van der Waals surface area (Å²) in [7, 11) is 0. The van der Waals surface area contributed by atoms with E-state index in [2.05, 4.69) is 0 Å². The van der Waals surface area contributed by atoms with Crippen molar-refractivity contribution in [2.45, 2.75) is 25.8 Å². The van der Waals surface area contributed by atoms with Crippen molar-refractivity contribution in [3.63, 3.8) is 0 Å². The topological polar surface area (TPSA) is 70.8 Å². The third-order valence-corrected chi connectivity index (χ3v) is 3.59. The lowest BCUT2D eigenvalue weighted by molar-refractivity contribution is -0.145. The van der Waals surface area contributed by atoms with Gasteiger partial charge >= 0.3 is 5.97 Å². The van der Waals surface area contributed by atoms with E-state index < -0.39 is 12.0 Å². The minimum absolute atomic E-state index is 0.00219. The molecule has 1 aromatic rings. The first kappa shape index (κ1) is 13.0. The molecule has 1 fully saturated rings. The van der Waals surface area contributed by atoms with Crippen molar-refractivity contribution in [1.82, 2.24) is 4.90 Å². The summed E-state index contributed by atoms with van der Waals surface area (Å²) in [6.45, 7) is 2.27. The number of likely N-dealkylation sites (tertiary alicyclic amines) is 1. The Morgan fingerprint density at radius 3 is 2.83 bits per heavy atom. The Morgan fingerprint density at radius 2 is 2.28 bits per heavy atom. The van der Waals surface area contributed by atoms with Crippen molar-refractivity contribution < 1.29 is 19.1 Å². The highest BCUT2D eigenvalue weighted by atomic mass is 35.5. The molecule has 0 aliphatic carbocycles. The van der Waals surface area contributed by atoms with Crippen LogP contribution in [0.15, 0.2) is 16.7 Å². The summed E-state index contributed by atoms with van der Waals surface area (Å²) < 4.78 is 4.87. The number of hydrogen-bond donors (Lipinski definition) is 1. The first-order chi connectivity index (χ1) is 8.52. The molecule has 2 rings (SSSR count). The first-order valence-electron chi connectivity index (χ1n) is 5.79. The SMILES string of the molecule is CC1CCCN(C(=O)c2ccoc2Cl)C1C(=O)O. The first-order valence-corrected chi connectivity index (χ1v) is 6.17. The van der Waals surface area contributed by atoms with Crippen LogP contribution in [0.1, 0.15) is 30.1 Å². The van der Waals surface area contributed by atoms with Crippen molar-refractivity contribution >= 4 is 23.5 Å². The monoisotopic (exact) mass is 271 g/mol. The average Bonchev–Trinajstić information content (AvgIpc) is 2.73. The largest absolute Gasteiger partial charge is 0.480 e. The number of carboxylic acids is 1. The van der Waals surface area contributed by atoms with Gasteiger partial charge in [0.25, 0.3) is 5.91 Å². The molecule has 1 amide bonds. The molecule has 5 nitrogen and oxygen atoms in total. The summed E-state index contributed by atoms with van der Waals surface area (Å²) in [5.41, 5.74) is 0.219. The lowest BCUT2D eigenvalue weighted by atomic mass is 9.90. The van der Waals surface area contributed by atoms with Crippen LogP contribution in [0, 0.1) is 5.92 Å². The van der Waals surface area contributed by atoms with E-state index in [9.17, 15) is 14.7 Å². The number of nitrogens with zero attached hydrogens (tertiary/aromatic N) is 1. The second kappa shape index (κ2) is 5.02. The van der Waals surface area contributed by atoms with Gasteiger partial charge in [-0.25, -0.2) is 4.79 Å². The van der Waals surface area contributed by atoms with E-state index in [1.54, 1.807) is 0 Å². The smallest absolute Gasteiger partial charge is 0.326 e. The zero-order chi connectivity index (χ0) is 13.3. The van der Waals surface area contributed by atoms with Gasteiger partial charge in [-0.15, -0.1) is 0 Å². The molecule has 0 bridgehead atoms. The Morgan fingerprint density at radius 1 is 1.56 bits per heavy atom. The number of carbonyl (C=O) groups is 2. The van der Waals surface area contributed by atoms with E-state index in [0.29, 0.717) is 6.54 Å². The van der Waals surface area contributed by atoms with Crippen LogP contribution in [0.2, 0.25) is 5.22 Å². The quantitative estimate of drug-likeness (QED) is 0.896. The molecule has 2 atom stereocenters. The Hall–Kier alpha value is -1.49. The summed E-state index contributed by atoms with van der Waals surface area (Å²) in [5, 5.41) is 9.25. The second-order valence-electron chi connectivity index (χ2n) is 4.51. The molecule has 1 saturated heterocycles. The Balaban J connectivity index is 2.28. The predicted octanol–water partition coefficient (Wildman–Crippen LogP) is 2.26. The highest BCUT2D eigenvalue weighted by Gasteiger charge is 2.38. The summed E-state index contributed by atoms with van der Waals surface area (Å²) >= 11 is 5.76. The molecule has 0 radical (unpaired) electrons. The van der Waals surface area contributed by atoms with Gasteiger partial charge in [-0.3, -0.25) is 4.79 Å². The zero-order valence-corrected chi connectivity index (χ0v) is 10.7. The number of carbonyl (C=O) groups excluding carboxylic acids is 1. The summed E-state index contributed by atoms with van der Waals surface area (Å²) in [5.74, 6) is -1.42. The van der Waals surface area contributed by atoms with Gasteiger partial charge in [0, 0.05) is 6.54 Å². The van der Waals surface area contributed by atoms with Crippen LogP contribution in [-0.4, -0.2) is 34.5 Å². The molecule has 1 aliphatic rings. The van der Waals surface area contributed by atoms with Gasteiger partial charge in [-0.2, -0.15) is 0 Å². The zero-order valence-electron chi connectivity index (χ0n) is 9.93. The number of hydrogen-bond acceptors (Lipinski definition) is 3. The molecule has 1 aromatic heterocycles. The van der Waals surface area contributed by atoms with E-state index in [4.69, 9.17) is 16.0 Å². The van der Waals surface area contributed by atoms with Crippen LogP contribution in [0.5, 0.6) is 0 Å². The maximum Gasteiger partial charge on any atom is 0.326 e. The normalized spacial score (nSPS) is 24.0. The van der Waals surface area contributed by atoms with Crippen LogP contribution in [-0.2, 0) is 4.79 Å². The summed E-state index contributed by atoms with van der Waals surface area (Å²) in [6.07, 6.45) is 2.92. The number of carboxylic acid groups (broad SMARTS) is 1. The van der Waals surface area contributed by atoms with Crippen molar-refractivity contribution in [2.75, 3.05) is 6.54 Å². The second-order valence-corrected chi connectivity index (χ2v) is 4.85. The van der Waals surface area contributed by atoms with Crippen LogP contribution < -0.4 is 0 Å². The standard InChI is InChI=1S/C12H14ClNO4/c1-7-3-2-5-14(9(7)12(16)17)11(15)8-4-6-18-10(8)13/h4,6-7,9H,2-3,5H2,1H3,(H,16,17). The van der Waals surface area contributed by atoms with Gasteiger partial charge in [-0.1, -0.05) is 6.92 Å². The molecule has 2 heterocycles. The van der Waals surface area contributed by atoms with E-state index in [-0.39, 0.29) is 22.6 Å². The van der Waals surface area contributed by atoms with Crippen LogP contribution in [0.25, 0.3) is 0 Å². The fraction of sp³-hybridized carbons (Fsp3) is 0.500. The summed E-state index contributed by atoms with van der Waals surface area (Å²) in [4.78, 5) is 24.9. The van der Waals surface area contributed by atoms with Crippen molar-refractivity contribution in [1.29, 1.82) is 0 Å². The molecular formula is C12H14ClNO4. The fourth-order valence-electron chi connectivity index (χ4n) is 2.39. The molecule has 98 valence electrons. The number of piperidine rings is 1. The molecule has 18 heavy (non-hydrogen) atoms. The molecule has 0 spiro atoms. The van der Waals surface area contributed by atoms with Gasteiger partial charge in [-0.05, 0) is 36.4 Å². The Bertz CT molecular complexity index is 470. The molecule has 0 aromatic carbocycles. The molecule has 0 saturated carbocycles. The molecule has 1 N–H and O–H groups in total. The van der Waals surface area contributed by atoms with Gasteiger partial charge in [0.1, 0.15) is 6.04 Å². The van der Waals surface area contributed by atoms with Gasteiger partial charge in [0.15, 0.2) is 0 Å². The minimum atomic E-state index is -0.977. The average molecular weight is 272 g/mol. The number of halogens is 1. The maximum atomic E-state index is 12.3. The third-order valence-electron chi connectivity index (χ3n) is 3.30.